The highest BCUT2D eigenvalue weighted by Gasteiger charge is 2.41. The fourth-order valence-corrected chi connectivity index (χ4v) is 5.11. The molecule has 1 atom stereocenters. The molecular weight excluding hydrogens is 452 g/mol. The third kappa shape index (κ3) is 5.40. The number of nitrogens with zero attached hydrogens (tertiary/aromatic N) is 1. The Morgan fingerprint density at radius 2 is 1.81 bits per heavy atom. The quantitative estimate of drug-likeness (QED) is 0.409. The molecule has 2 aliphatic rings. The molecule has 0 radical (unpaired) electrons. The number of ether oxygens (including phenoxy) is 3. The van der Waals surface area contributed by atoms with Gasteiger partial charge in [-0.3, -0.25) is 4.79 Å². The van der Waals surface area contributed by atoms with Crippen LogP contribution in [0.3, 0.4) is 0 Å². The third-order valence-electron chi connectivity index (χ3n) is 7.40. The van der Waals surface area contributed by atoms with Gasteiger partial charge in [-0.2, -0.15) is 0 Å². The highest BCUT2D eigenvalue weighted by atomic mass is 16.5. The zero-order valence-corrected chi connectivity index (χ0v) is 20.8. The number of hydrogen-bond donors (Lipinski definition) is 1. The van der Waals surface area contributed by atoms with Crippen molar-refractivity contribution in [2.24, 2.45) is 5.73 Å². The molecule has 0 aromatic heterocycles. The lowest BCUT2D eigenvalue weighted by Gasteiger charge is -2.48. The molecule has 2 saturated heterocycles. The fourth-order valence-electron chi connectivity index (χ4n) is 5.11. The molecule has 6 heteroatoms. The average molecular weight is 487 g/mol. The maximum atomic E-state index is 10.7. The zero-order valence-electron chi connectivity index (χ0n) is 20.8. The second-order valence-corrected chi connectivity index (χ2v) is 9.87. The van der Waals surface area contributed by atoms with Gasteiger partial charge in [-0.25, -0.2) is 0 Å². The molecule has 2 aliphatic heterocycles. The Hall–Kier alpha value is -3.35. The smallest absolute Gasteiger partial charge is 0.293 e. The maximum absolute atomic E-state index is 10.7. The van der Waals surface area contributed by atoms with Gasteiger partial charge >= 0.3 is 0 Å². The SMILES string of the molecule is C[C@@H](N)c1cccc(-c2cc(COc3ccccc3COC=O)cc(N3CCC4(CCO4)CC3)c2)c1. The predicted molar refractivity (Wildman–Crippen MR) is 141 cm³/mol. The van der Waals surface area contributed by atoms with Crippen molar-refractivity contribution < 1.29 is 19.0 Å². The Labute approximate surface area is 213 Å². The lowest BCUT2D eigenvalue weighted by Crippen LogP contribution is -2.52. The summed E-state index contributed by atoms with van der Waals surface area (Å²) in [6.45, 7) is 5.92. The van der Waals surface area contributed by atoms with Crippen LogP contribution in [0.25, 0.3) is 11.1 Å². The predicted octanol–water partition coefficient (Wildman–Crippen LogP) is 5.38. The summed E-state index contributed by atoms with van der Waals surface area (Å²) >= 11 is 0. The Kier molecular flexibility index (Phi) is 7.25. The molecule has 2 N–H and O–H groups in total. The first kappa shape index (κ1) is 24.3. The number of carbonyl (C=O) groups is 1. The molecule has 36 heavy (non-hydrogen) atoms. The van der Waals surface area contributed by atoms with Crippen molar-refractivity contribution in [2.45, 2.75) is 51.0 Å². The van der Waals surface area contributed by atoms with Crippen LogP contribution >= 0.6 is 0 Å². The van der Waals surface area contributed by atoms with E-state index in [1.165, 1.54) is 12.1 Å². The molecule has 2 heterocycles. The van der Waals surface area contributed by atoms with Crippen molar-refractivity contribution in [3.8, 4) is 16.9 Å². The number of rotatable bonds is 9. The molecule has 6 nitrogen and oxygen atoms in total. The summed E-state index contributed by atoms with van der Waals surface area (Å²) in [6.07, 6.45) is 3.30. The molecular formula is C30H34N2O4. The highest BCUT2D eigenvalue weighted by Crippen LogP contribution is 2.39. The largest absolute Gasteiger partial charge is 0.488 e. The Bertz CT molecular complexity index is 1200. The van der Waals surface area contributed by atoms with Crippen LogP contribution in [-0.2, 0) is 27.5 Å². The molecule has 1 spiro atoms. The normalized spacial score (nSPS) is 17.3. The summed E-state index contributed by atoms with van der Waals surface area (Å²) in [4.78, 5) is 13.1. The first-order chi connectivity index (χ1) is 17.5. The molecule has 0 bridgehead atoms. The Balaban J connectivity index is 1.42. The number of carbonyl (C=O) groups excluding carboxylic acids is 1. The van der Waals surface area contributed by atoms with Gasteiger partial charge in [0.2, 0.25) is 0 Å². The summed E-state index contributed by atoms with van der Waals surface area (Å²) in [6, 6.07) is 22.8. The van der Waals surface area contributed by atoms with Crippen molar-refractivity contribution in [3.05, 3.63) is 83.4 Å². The minimum Gasteiger partial charge on any atom is -0.488 e. The summed E-state index contributed by atoms with van der Waals surface area (Å²) in [5.74, 6) is 0.715. The van der Waals surface area contributed by atoms with Crippen molar-refractivity contribution in [3.63, 3.8) is 0 Å². The molecule has 0 unspecified atom stereocenters. The van der Waals surface area contributed by atoms with Gasteiger partial charge in [0.15, 0.2) is 0 Å². The summed E-state index contributed by atoms with van der Waals surface area (Å²) in [5.41, 5.74) is 12.8. The monoisotopic (exact) mass is 486 g/mol. The minimum absolute atomic E-state index is 0.0261. The molecule has 0 aliphatic carbocycles. The van der Waals surface area contributed by atoms with E-state index in [1.54, 1.807) is 0 Å². The van der Waals surface area contributed by atoms with Gasteiger partial charge in [0.25, 0.3) is 6.47 Å². The standard InChI is InChI=1S/C30H34N2O4/c1-22(31)24-6-4-7-25(17-24)27-15-23(19-35-29-8-3-2-5-26(29)20-34-21-33)16-28(18-27)32-12-9-30(10-13-32)11-14-36-30/h2-8,15-18,21-22H,9-14,19-20,31H2,1H3/t22-/m1/s1. The van der Waals surface area contributed by atoms with Crippen molar-refractivity contribution in [1.29, 1.82) is 0 Å². The lowest BCUT2D eigenvalue weighted by atomic mass is 9.84. The van der Waals surface area contributed by atoms with Crippen LogP contribution in [0.15, 0.2) is 66.7 Å². The minimum atomic E-state index is -0.0261. The van der Waals surface area contributed by atoms with Crippen LogP contribution in [0.5, 0.6) is 5.75 Å². The van der Waals surface area contributed by atoms with E-state index in [0.717, 1.165) is 60.4 Å². The molecule has 0 saturated carbocycles. The summed E-state index contributed by atoms with van der Waals surface area (Å²) < 4.78 is 17.1. The number of benzene rings is 3. The number of anilines is 1. The number of hydrogen-bond acceptors (Lipinski definition) is 6. The van der Waals surface area contributed by atoms with E-state index >= 15 is 0 Å². The second kappa shape index (κ2) is 10.7. The van der Waals surface area contributed by atoms with E-state index in [4.69, 9.17) is 19.9 Å². The Morgan fingerprint density at radius 3 is 2.53 bits per heavy atom. The molecule has 5 rings (SSSR count). The fraction of sp³-hybridized carbons (Fsp3) is 0.367. The number of piperidine rings is 1. The van der Waals surface area contributed by atoms with Gasteiger partial charge in [0, 0.05) is 30.4 Å². The van der Waals surface area contributed by atoms with E-state index in [0.29, 0.717) is 18.8 Å². The molecule has 2 fully saturated rings. The second-order valence-electron chi connectivity index (χ2n) is 9.87. The van der Waals surface area contributed by atoms with Gasteiger partial charge in [0.1, 0.15) is 19.0 Å². The van der Waals surface area contributed by atoms with Crippen LogP contribution < -0.4 is 15.4 Å². The van der Waals surface area contributed by atoms with E-state index in [-0.39, 0.29) is 18.2 Å². The number of nitrogens with two attached hydrogens (primary N) is 1. The molecule has 188 valence electrons. The first-order valence-corrected chi connectivity index (χ1v) is 12.7. The van der Waals surface area contributed by atoms with Crippen LogP contribution in [0, 0.1) is 0 Å². The van der Waals surface area contributed by atoms with E-state index < -0.39 is 0 Å². The lowest BCUT2D eigenvalue weighted by molar-refractivity contribution is -0.158. The van der Waals surface area contributed by atoms with Gasteiger partial charge in [-0.1, -0.05) is 36.4 Å². The maximum Gasteiger partial charge on any atom is 0.293 e. The van der Waals surface area contributed by atoms with E-state index in [2.05, 4.69) is 47.4 Å². The summed E-state index contributed by atoms with van der Waals surface area (Å²) in [5, 5.41) is 0. The van der Waals surface area contributed by atoms with Gasteiger partial charge in [0.05, 0.1) is 12.2 Å². The number of para-hydroxylation sites is 1. The molecule has 3 aromatic carbocycles. The van der Waals surface area contributed by atoms with E-state index in [1.807, 2.05) is 31.2 Å². The van der Waals surface area contributed by atoms with Crippen LogP contribution in [0.2, 0.25) is 0 Å². The van der Waals surface area contributed by atoms with Crippen LogP contribution in [-0.4, -0.2) is 31.8 Å². The Morgan fingerprint density at radius 1 is 1.00 bits per heavy atom. The third-order valence-corrected chi connectivity index (χ3v) is 7.40. The van der Waals surface area contributed by atoms with Crippen LogP contribution in [0.4, 0.5) is 5.69 Å². The molecule has 3 aromatic rings. The summed E-state index contributed by atoms with van der Waals surface area (Å²) in [7, 11) is 0. The van der Waals surface area contributed by atoms with Crippen molar-refractivity contribution in [1.82, 2.24) is 0 Å². The van der Waals surface area contributed by atoms with Gasteiger partial charge in [-0.15, -0.1) is 0 Å². The van der Waals surface area contributed by atoms with Crippen LogP contribution in [0.1, 0.15) is 48.9 Å². The molecule has 0 amide bonds. The van der Waals surface area contributed by atoms with Crippen molar-refractivity contribution >= 4 is 12.2 Å². The highest BCUT2D eigenvalue weighted by molar-refractivity contribution is 5.70. The zero-order chi connectivity index (χ0) is 25.0. The topological polar surface area (TPSA) is 74.0 Å². The van der Waals surface area contributed by atoms with E-state index in [9.17, 15) is 4.79 Å². The average Bonchev–Trinajstić information content (AvgIpc) is 2.90. The first-order valence-electron chi connectivity index (χ1n) is 12.7. The van der Waals surface area contributed by atoms with Crippen molar-refractivity contribution in [2.75, 3.05) is 24.6 Å². The van der Waals surface area contributed by atoms with Gasteiger partial charge in [-0.05, 0) is 78.8 Å². The van der Waals surface area contributed by atoms with Gasteiger partial charge < -0.3 is 24.8 Å².